The number of phenols is 1. The van der Waals surface area contributed by atoms with Gasteiger partial charge in [-0.15, -0.1) is 0 Å². The van der Waals surface area contributed by atoms with E-state index in [0.717, 1.165) is 12.0 Å². The Kier molecular flexibility index (Phi) is 4.24. The molecule has 5 N–H and O–H groups in total. The van der Waals surface area contributed by atoms with E-state index >= 15 is 0 Å². The Bertz CT molecular complexity index is 501. The van der Waals surface area contributed by atoms with Gasteiger partial charge in [0.15, 0.2) is 0 Å². The number of nitrogens with two attached hydrogens (primary N) is 2. The highest BCUT2D eigenvalue weighted by molar-refractivity contribution is 5.89. The first-order chi connectivity index (χ1) is 9.49. The third-order valence-corrected chi connectivity index (χ3v) is 3.57. The van der Waals surface area contributed by atoms with Gasteiger partial charge in [-0.3, -0.25) is 9.59 Å². The van der Waals surface area contributed by atoms with Crippen molar-refractivity contribution >= 4 is 11.8 Å². The van der Waals surface area contributed by atoms with Gasteiger partial charge in [-0.1, -0.05) is 12.1 Å². The molecule has 1 saturated heterocycles. The fourth-order valence-electron chi connectivity index (χ4n) is 2.51. The van der Waals surface area contributed by atoms with Crippen LogP contribution in [0.2, 0.25) is 0 Å². The molecule has 2 rings (SSSR count). The van der Waals surface area contributed by atoms with Crippen molar-refractivity contribution in [2.45, 2.75) is 31.3 Å². The smallest absolute Gasteiger partial charge is 0.240 e. The van der Waals surface area contributed by atoms with Gasteiger partial charge in [-0.05, 0) is 37.0 Å². The van der Waals surface area contributed by atoms with Gasteiger partial charge in [0.25, 0.3) is 0 Å². The summed E-state index contributed by atoms with van der Waals surface area (Å²) in [6.45, 7) is 0.524. The maximum atomic E-state index is 12.3. The first-order valence-electron chi connectivity index (χ1n) is 6.62. The van der Waals surface area contributed by atoms with Crippen LogP contribution in [0.4, 0.5) is 0 Å². The molecule has 2 atom stereocenters. The topological polar surface area (TPSA) is 110 Å². The first kappa shape index (κ1) is 14.3. The maximum absolute atomic E-state index is 12.3. The van der Waals surface area contributed by atoms with E-state index in [-0.39, 0.29) is 11.7 Å². The zero-order valence-corrected chi connectivity index (χ0v) is 11.2. The number of carbonyl (C=O) groups excluding carboxylic acids is 2. The highest BCUT2D eigenvalue weighted by Gasteiger charge is 2.34. The fourth-order valence-corrected chi connectivity index (χ4v) is 2.51. The highest BCUT2D eigenvalue weighted by atomic mass is 16.3. The highest BCUT2D eigenvalue weighted by Crippen LogP contribution is 2.19. The van der Waals surface area contributed by atoms with Gasteiger partial charge in [0.05, 0.1) is 6.04 Å². The third-order valence-electron chi connectivity index (χ3n) is 3.57. The summed E-state index contributed by atoms with van der Waals surface area (Å²) in [4.78, 5) is 25.0. The van der Waals surface area contributed by atoms with Crippen molar-refractivity contribution in [3.63, 3.8) is 0 Å². The minimum Gasteiger partial charge on any atom is -0.508 e. The molecule has 108 valence electrons. The Hall–Kier alpha value is -2.08. The first-order valence-corrected chi connectivity index (χ1v) is 6.62. The number of carbonyl (C=O) groups is 2. The van der Waals surface area contributed by atoms with E-state index in [9.17, 15) is 14.7 Å². The maximum Gasteiger partial charge on any atom is 0.240 e. The second kappa shape index (κ2) is 5.92. The van der Waals surface area contributed by atoms with E-state index in [4.69, 9.17) is 11.5 Å². The van der Waals surface area contributed by atoms with Crippen LogP contribution in [0.15, 0.2) is 24.3 Å². The van der Waals surface area contributed by atoms with Gasteiger partial charge >= 0.3 is 0 Å². The van der Waals surface area contributed by atoms with Gasteiger partial charge in [0.1, 0.15) is 11.8 Å². The molecule has 20 heavy (non-hydrogen) atoms. The summed E-state index contributed by atoms with van der Waals surface area (Å²) in [5.41, 5.74) is 12.1. The molecule has 1 aliphatic heterocycles. The average molecular weight is 277 g/mol. The van der Waals surface area contributed by atoms with Crippen molar-refractivity contribution < 1.29 is 14.7 Å². The number of hydrogen-bond acceptors (Lipinski definition) is 4. The summed E-state index contributed by atoms with van der Waals surface area (Å²) in [6, 6.07) is 5.30. The normalized spacial score (nSPS) is 19.9. The van der Waals surface area contributed by atoms with Crippen LogP contribution in [0.1, 0.15) is 18.4 Å². The van der Waals surface area contributed by atoms with Crippen LogP contribution in [0.3, 0.4) is 0 Å². The van der Waals surface area contributed by atoms with Crippen LogP contribution in [0.5, 0.6) is 5.75 Å². The molecule has 1 aromatic carbocycles. The number of rotatable bonds is 4. The van der Waals surface area contributed by atoms with E-state index in [1.165, 1.54) is 4.90 Å². The van der Waals surface area contributed by atoms with Crippen molar-refractivity contribution in [1.82, 2.24) is 4.90 Å². The minimum atomic E-state index is -0.709. The lowest BCUT2D eigenvalue weighted by Crippen LogP contribution is -2.50. The van der Waals surface area contributed by atoms with Crippen LogP contribution >= 0.6 is 0 Å². The van der Waals surface area contributed by atoms with Crippen LogP contribution in [0.25, 0.3) is 0 Å². The molecule has 0 radical (unpaired) electrons. The fraction of sp³-hybridized carbons (Fsp3) is 0.429. The van der Waals surface area contributed by atoms with E-state index in [1.807, 2.05) is 0 Å². The molecule has 0 spiro atoms. The molecule has 2 amide bonds. The predicted molar refractivity (Wildman–Crippen MR) is 73.7 cm³/mol. The molecule has 1 unspecified atom stereocenters. The molecular formula is C14H19N3O3. The second-order valence-electron chi connectivity index (χ2n) is 5.07. The Balaban J connectivity index is 2.01. The summed E-state index contributed by atoms with van der Waals surface area (Å²) in [7, 11) is 0. The number of amides is 2. The van der Waals surface area contributed by atoms with E-state index in [2.05, 4.69) is 0 Å². The van der Waals surface area contributed by atoms with Crippen molar-refractivity contribution in [3.8, 4) is 5.75 Å². The molecule has 1 aromatic rings. The Morgan fingerprint density at radius 1 is 1.35 bits per heavy atom. The molecule has 1 heterocycles. The molecule has 0 bridgehead atoms. The summed E-state index contributed by atoms with van der Waals surface area (Å²) >= 11 is 0. The second-order valence-corrected chi connectivity index (χ2v) is 5.07. The van der Waals surface area contributed by atoms with Gasteiger partial charge in [-0.2, -0.15) is 0 Å². The van der Waals surface area contributed by atoms with E-state index in [1.54, 1.807) is 24.3 Å². The van der Waals surface area contributed by atoms with Gasteiger partial charge in [0, 0.05) is 6.54 Å². The number of nitrogens with zero attached hydrogens (tertiary/aromatic N) is 1. The molecule has 0 saturated carbocycles. The number of hydrogen-bond donors (Lipinski definition) is 3. The monoisotopic (exact) mass is 277 g/mol. The number of likely N-dealkylation sites (tertiary alicyclic amines) is 1. The third kappa shape index (κ3) is 3.08. The lowest BCUT2D eigenvalue weighted by molar-refractivity contribution is -0.138. The van der Waals surface area contributed by atoms with Crippen molar-refractivity contribution in [2.24, 2.45) is 11.5 Å². The molecule has 0 aliphatic carbocycles. The lowest BCUT2D eigenvalue weighted by atomic mass is 10.0. The molecule has 0 aromatic heterocycles. The Morgan fingerprint density at radius 3 is 2.60 bits per heavy atom. The quantitative estimate of drug-likeness (QED) is 0.704. The van der Waals surface area contributed by atoms with E-state index in [0.29, 0.717) is 19.4 Å². The van der Waals surface area contributed by atoms with Gasteiger partial charge in [-0.25, -0.2) is 0 Å². The Morgan fingerprint density at radius 2 is 2.00 bits per heavy atom. The van der Waals surface area contributed by atoms with Crippen molar-refractivity contribution in [1.29, 1.82) is 0 Å². The van der Waals surface area contributed by atoms with Crippen LogP contribution < -0.4 is 11.5 Å². The molecule has 1 fully saturated rings. The summed E-state index contributed by atoms with van der Waals surface area (Å²) in [6.07, 6.45) is 1.74. The number of aromatic hydroxyl groups is 1. The van der Waals surface area contributed by atoms with Gasteiger partial charge < -0.3 is 21.5 Å². The Labute approximate surface area is 117 Å². The number of phenolic OH excluding ortho intramolecular Hbond substituents is 1. The summed E-state index contributed by atoms with van der Waals surface area (Å²) < 4.78 is 0. The van der Waals surface area contributed by atoms with Crippen LogP contribution in [-0.2, 0) is 16.0 Å². The minimum absolute atomic E-state index is 0.169. The molecule has 1 aliphatic rings. The van der Waals surface area contributed by atoms with Gasteiger partial charge in [0.2, 0.25) is 11.8 Å². The summed E-state index contributed by atoms with van der Waals surface area (Å²) in [5, 5.41) is 9.21. The predicted octanol–water partition coefficient (Wildman–Crippen LogP) is -0.262. The van der Waals surface area contributed by atoms with Crippen molar-refractivity contribution in [2.75, 3.05) is 6.54 Å². The van der Waals surface area contributed by atoms with Crippen molar-refractivity contribution in [3.05, 3.63) is 29.8 Å². The number of benzene rings is 1. The summed E-state index contributed by atoms with van der Waals surface area (Å²) in [5.74, 6) is -0.561. The molecule has 6 heteroatoms. The van der Waals surface area contributed by atoms with E-state index < -0.39 is 18.0 Å². The molecule has 6 nitrogen and oxygen atoms in total. The largest absolute Gasteiger partial charge is 0.508 e. The zero-order chi connectivity index (χ0) is 14.7. The average Bonchev–Trinajstić information content (AvgIpc) is 2.90. The number of primary amides is 1. The lowest BCUT2D eigenvalue weighted by Gasteiger charge is -2.25. The standard InChI is InChI=1S/C14H19N3O3/c15-11(8-9-3-5-10(18)6-4-9)14(20)17-7-1-2-12(17)13(16)19/h3-6,11-12,18H,1-2,7-8,15H2,(H2,16,19)/t11-,12?/m1/s1. The van der Waals surface area contributed by atoms with Crippen LogP contribution in [0, 0.1) is 0 Å². The SMILES string of the molecule is NC(=O)C1CCCN1C(=O)[C@H](N)Cc1ccc(O)cc1. The molecular weight excluding hydrogens is 258 g/mol. The van der Waals surface area contributed by atoms with Crippen LogP contribution in [-0.4, -0.2) is 40.4 Å². The zero-order valence-electron chi connectivity index (χ0n) is 11.2.